The van der Waals surface area contributed by atoms with Crippen LogP contribution < -0.4 is 0 Å². The van der Waals surface area contributed by atoms with Gasteiger partial charge in [0.2, 0.25) is 0 Å². The largest absolute Gasteiger partial charge is 0.460 e. The summed E-state index contributed by atoms with van der Waals surface area (Å²) in [7, 11) is 0. The molecule has 4 atom stereocenters. The minimum atomic E-state index is -0.450. The molecule has 0 aromatic heterocycles. The van der Waals surface area contributed by atoms with E-state index in [0.717, 1.165) is 44.9 Å². The highest BCUT2D eigenvalue weighted by Crippen LogP contribution is 2.30. The molecule has 25 heavy (non-hydrogen) atoms. The molecular weight excluding hydrogens is 316 g/mol. The second kappa shape index (κ2) is 13.3. The summed E-state index contributed by atoms with van der Waals surface area (Å²) in [5.74, 6) is -0.260. The van der Waals surface area contributed by atoms with E-state index in [-0.39, 0.29) is 24.3 Å². The van der Waals surface area contributed by atoms with Crippen molar-refractivity contribution in [1.29, 1.82) is 0 Å². The van der Waals surface area contributed by atoms with E-state index in [0.29, 0.717) is 6.42 Å². The van der Waals surface area contributed by atoms with Gasteiger partial charge >= 0.3 is 5.97 Å². The molecule has 0 amide bonds. The predicted octanol–water partition coefficient (Wildman–Crippen LogP) is 4.93. The lowest BCUT2D eigenvalue weighted by Gasteiger charge is -2.19. The van der Waals surface area contributed by atoms with Gasteiger partial charge in [-0.2, -0.15) is 0 Å². The maximum atomic E-state index is 11.4. The van der Waals surface area contributed by atoms with Crippen LogP contribution in [0.25, 0.3) is 0 Å². The monoisotopic (exact) mass is 354 g/mol. The Bertz CT molecular complexity index is 369. The standard InChI is InChI=1S/C21H38O4/c1-4-6-8-9-10-11-13-15-19-21(24-17(3)22)16-20(25-19)18(23)14-12-7-5-2/h4,18-21,23H,1,5-16H2,2-3H3/t18-,19-,20-,21-/m0/s1. The third-order valence-corrected chi connectivity index (χ3v) is 4.98. The van der Waals surface area contributed by atoms with Crippen molar-refractivity contribution in [3.05, 3.63) is 12.7 Å². The van der Waals surface area contributed by atoms with Gasteiger partial charge in [-0.1, -0.05) is 57.9 Å². The molecule has 0 bridgehead atoms. The molecule has 1 heterocycles. The summed E-state index contributed by atoms with van der Waals surface area (Å²) >= 11 is 0. The molecule has 146 valence electrons. The smallest absolute Gasteiger partial charge is 0.302 e. The summed E-state index contributed by atoms with van der Waals surface area (Å²) < 4.78 is 11.5. The normalized spacial score (nSPS) is 24.2. The molecule has 0 aromatic rings. The Morgan fingerprint density at radius 3 is 2.64 bits per heavy atom. The molecule has 1 aliphatic rings. The molecule has 1 N–H and O–H groups in total. The summed E-state index contributed by atoms with van der Waals surface area (Å²) in [6.45, 7) is 7.35. The summed E-state index contributed by atoms with van der Waals surface area (Å²) in [5.41, 5.74) is 0. The van der Waals surface area contributed by atoms with Gasteiger partial charge in [-0.25, -0.2) is 0 Å². The number of allylic oxidation sites excluding steroid dienone is 1. The Morgan fingerprint density at radius 1 is 1.24 bits per heavy atom. The number of carbonyl (C=O) groups excluding carboxylic acids is 1. The van der Waals surface area contributed by atoms with Crippen LogP contribution in [0.3, 0.4) is 0 Å². The number of esters is 1. The molecule has 0 aliphatic carbocycles. The molecule has 1 fully saturated rings. The topological polar surface area (TPSA) is 55.8 Å². The van der Waals surface area contributed by atoms with Crippen LogP contribution in [0.1, 0.15) is 90.9 Å². The van der Waals surface area contributed by atoms with Gasteiger partial charge in [-0.3, -0.25) is 4.79 Å². The Labute approximate surface area is 154 Å². The van der Waals surface area contributed by atoms with Crippen molar-refractivity contribution in [3.63, 3.8) is 0 Å². The SMILES string of the molecule is C=CCCCCCCC[C@@H]1O[C@H]([C@@H](O)CCCCC)C[C@@H]1OC(C)=O. The summed E-state index contributed by atoms with van der Waals surface area (Å²) in [6, 6.07) is 0. The fourth-order valence-corrected chi connectivity index (χ4v) is 3.54. The van der Waals surface area contributed by atoms with E-state index in [4.69, 9.17) is 9.47 Å². The predicted molar refractivity (Wildman–Crippen MR) is 101 cm³/mol. The Kier molecular flexibility index (Phi) is 11.8. The molecule has 1 rings (SSSR count). The number of aliphatic hydroxyl groups is 1. The first-order chi connectivity index (χ1) is 12.1. The van der Waals surface area contributed by atoms with E-state index in [2.05, 4.69) is 13.5 Å². The molecule has 4 nitrogen and oxygen atoms in total. The molecule has 0 saturated carbocycles. The van der Waals surface area contributed by atoms with Crippen molar-refractivity contribution < 1.29 is 19.4 Å². The number of hydrogen-bond donors (Lipinski definition) is 1. The molecule has 4 heteroatoms. The fraction of sp³-hybridized carbons (Fsp3) is 0.857. The number of carbonyl (C=O) groups is 1. The van der Waals surface area contributed by atoms with Crippen molar-refractivity contribution in [1.82, 2.24) is 0 Å². The first-order valence-electron chi connectivity index (χ1n) is 10.2. The van der Waals surface area contributed by atoms with Gasteiger partial charge in [0.1, 0.15) is 6.10 Å². The quantitative estimate of drug-likeness (QED) is 0.273. The third-order valence-electron chi connectivity index (χ3n) is 4.98. The van der Waals surface area contributed by atoms with Gasteiger partial charge < -0.3 is 14.6 Å². The van der Waals surface area contributed by atoms with Crippen LogP contribution in [-0.4, -0.2) is 35.5 Å². The van der Waals surface area contributed by atoms with E-state index in [1.54, 1.807) is 0 Å². The number of aliphatic hydroxyl groups excluding tert-OH is 1. The first kappa shape index (κ1) is 22.2. The molecule has 1 aliphatic heterocycles. The lowest BCUT2D eigenvalue weighted by atomic mass is 10.0. The lowest BCUT2D eigenvalue weighted by molar-refractivity contribution is -0.149. The minimum Gasteiger partial charge on any atom is -0.460 e. The van der Waals surface area contributed by atoms with Crippen LogP contribution in [0.4, 0.5) is 0 Å². The van der Waals surface area contributed by atoms with Crippen LogP contribution in [0.5, 0.6) is 0 Å². The summed E-state index contributed by atoms with van der Waals surface area (Å²) in [6.07, 6.45) is 13.7. The van der Waals surface area contributed by atoms with Gasteiger partial charge in [0.25, 0.3) is 0 Å². The second-order valence-electron chi connectivity index (χ2n) is 7.29. The van der Waals surface area contributed by atoms with E-state index in [1.165, 1.54) is 32.6 Å². The van der Waals surface area contributed by atoms with Crippen LogP contribution >= 0.6 is 0 Å². The van der Waals surface area contributed by atoms with Gasteiger partial charge in [0.15, 0.2) is 0 Å². The van der Waals surface area contributed by atoms with Crippen molar-refractivity contribution in [3.8, 4) is 0 Å². The van der Waals surface area contributed by atoms with Crippen LogP contribution in [0, 0.1) is 0 Å². The van der Waals surface area contributed by atoms with Gasteiger partial charge in [0, 0.05) is 13.3 Å². The fourth-order valence-electron chi connectivity index (χ4n) is 3.54. The van der Waals surface area contributed by atoms with Gasteiger partial charge in [0.05, 0.1) is 18.3 Å². The van der Waals surface area contributed by atoms with Crippen LogP contribution in [0.15, 0.2) is 12.7 Å². The number of ether oxygens (including phenoxy) is 2. The van der Waals surface area contributed by atoms with E-state index >= 15 is 0 Å². The van der Waals surface area contributed by atoms with Crippen LogP contribution in [0.2, 0.25) is 0 Å². The zero-order valence-electron chi connectivity index (χ0n) is 16.3. The molecule has 0 unspecified atom stereocenters. The Balaban J connectivity index is 2.35. The minimum absolute atomic E-state index is 0.0668. The zero-order valence-corrected chi connectivity index (χ0v) is 16.3. The van der Waals surface area contributed by atoms with E-state index in [9.17, 15) is 9.90 Å². The molecule has 0 spiro atoms. The highest BCUT2D eigenvalue weighted by atomic mass is 16.6. The van der Waals surface area contributed by atoms with E-state index < -0.39 is 6.10 Å². The van der Waals surface area contributed by atoms with Crippen LogP contribution in [-0.2, 0) is 14.3 Å². The molecule has 0 radical (unpaired) electrons. The van der Waals surface area contributed by atoms with Crippen molar-refractivity contribution in [2.24, 2.45) is 0 Å². The molecule has 1 saturated heterocycles. The van der Waals surface area contributed by atoms with Crippen molar-refractivity contribution in [2.75, 3.05) is 0 Å². The zero-order chi connectivity index (χ0) is 18.5. The summed E-state index contributed by atoms with van der Waals surface area (Å²) in [5, 5.41) is 10.4. The number of rotatable bonds is 14. The first-order valence-corrected chi connectivity index (χ1v) is 10.2. The van der Waals surface area contributed by atoms with Gasteiger partial charge in [-0.05, 0) is 25.7 Å². The number of hydrogen-bond acceptors (Lipinski definition) is 4. The van der Waals surface area contributed by atoms with Crippen molar-refractivity contribution in [2.45, 2.75) is 115 Å². The maximum Gasteiger partial charge on any atom is 0.302 e. The van der Waals surface area contributed by atoms with E-state index in [1.807, 2.05) is 6.08 Å². The van der Waals surface area contributed by atoms with Crippen molar-refractivity contribution >= 4 is 5.97 Å². The highest BCUT2D eigenvalue weighted by molar-refractivity contribution is 5.66. The summed E-state index contributed by atoms with van der Waals surface area (Å²) in [4.78, 5) is 11.4. The molecular formula is C21H38O4. The Morgan fingerprint density at radius 2 is 1.96 bits per heavy atom. The average Bonchev–Trinajstić information content (AvgIpc) is 2.96. The highest BCUT2D eigenvalue weighted by Gasteiger charge is 2.39. The molecule has 0 aromatic carbocycles. The Hall–Kier alpha value is -0.870. The lowest BCUT2D eigenvalue weighted by Crippen LogP contribution is -2.26. The maximum absolute atomic E-state index is 11.4. The van der Waals surface area contributed by atoms with Gasteiger partial charge in [-0.15, -0.1) is 6.58 Å². The second-order valence-corrected chi connectivity index (χ2v) is 7.29. The third kappa shape index (κ3) is 9.41. The number of unbranched alkanes of at least 4 members (excludes halogenated alkanes) is 7. The average molecular weight is 355 g/mol.